The molecule has 1 aromatic heterocycles. The number of hydrogen-bond acceptors (Lipinski definition) is 3. The van der Waals surface area contributed by atoms with Gasteiger partial charge in [-0.2, -0.15) is 0 Å². The molecule has 0 atom stereocenters. The molecule has 5 rings (SSSR count). The Kier molecular flexibility index (Phi) is 9.34. The number of amides is 2. The predicted molar refractivity (Wildman–Crippen MR) is 156 cm³/mol. The molecule has 1 heterocycles. The van der Waals surface area contributed by atoms with Crippen molar-refractivity contribution >= 4 is 40.7 Å². The van der Waals surface area contributed by atoms with E-state index in [0.29, 0.717) is 21.3 Å². The van der Waals surface area contributed by atoms with Crippen LogP contribution in [0.15, 0.2) is 120 Å². The summed E-state index contributed by atoms with van der Waals surface area (Å²) < 4.78 is 1.63. The van der Waals surface area contributed by atoms with Gasteiger partial charge >= 0.3 is 11.7 Å². The molecule has 0 aliphatic heterocycles. The van der Waals surface area contributed by atoms with Gasteiger partial charge in [0, 0.05) is 33.1 Å². The molecule has 0 aliphatic carbocycles. The van der Waals surface area contributed by atoms with E-state index in [0.717, 1.165) is 16.9 Å². The van der Waals surface area contributed by atoms with E-state index in [4.69, 9.17) is 23.2 Å². The lowest BCUT2D eigenvalue weighted by molar-refractivity contribution is 0.0993. The Morgan fingerprint density at radius 3 is 1.92 bits per heavy atom. The molecule has 0 saturated carbocycles. The molecule has 5 aromatic rings. The first-order valence-electron chi connectivity index (χ1n) is 11.9. The number of nitrogens with one attached hydrogen (secondary N) is 3. The monoisotopic (exact) mass is 558 g/mol. The highest BCUT2D eigenvalue weighted by molar-refractivity contribution is 6.30. The summed E-state index contributed by atoms with van der Waals surface area (Å²) in [4.78, 5) is 38.1. The van der Waals surface area contributed by atoms with Crippen molar-refractivity contribution in [1.82, 2.24) is 14.9 Å². The molecular formula is C30H24Cl2N4O3. The van der Waals surface area contributed by atoms with Crippen molar-refractivity contribution in [2.24, 2.45) is 0 Å². The van der Waals surface area contributed by atoms with Crippen LogP contribution in [0.1, 0.15) is 10.4 Å². The molecule has 0 aliphatic rings. The van der Waals surface area contributed by atoms with E-state index in [9.17, 15) is 14.4 Å². The van der Waals surface area contributed by atoms with Crippen LogP contribution >= 0.6 is 23.2 Å². The van der Waals surface area contributed by atoms with Gasteiger partial charge in [-0.05, 0) is 48.5 Å². The number of nitrogens with zero attached hydrogens (tertiary/aromatic N) is 1. The van der Waals surface area contributed by atoms with Gasteiger partial charge in [0.05, 0.1) is 17.9 Å². The highest BCUT2D eigenvalue weighted by atomic mass is 35.5. The number of Topliss-reactive ketones (excluding diaryl/α,β-unsaturated/α-hetero) is 1. The number of carbonyl (C=O) groups is 2. The third-order valence-corrected chi connectivity index (χ3v) is 6.04. The summed E-state index contributed by atoms with van der Waals surface area (Å²) in [6.07, 6.45) is 1.71. The van der Waals surface area contributed by atoms with Crippen LogP contribution in [0, 0.1) is 0 Å². The standard InChI is InChI=1S/C15H13ClN2O2.C15H11ClN2O/c16-12-6-8-13(9-7-12)18-15(20)17-10-14(19)11-4-2-1-3-5-11;16-12-6-8-13(9-7-12)18-14(10-17-15(18)19)11-4-2-1-3-5-11/h1-9H,10H2,(H2,17,18,20);1-10H,(H,17,19). The third-order valence-electron chi connectivity index (χ3n) is 5.54. The highest BCUT2D eigenvalue weighted by Crippen LogP contribution is 2.21. The van der Waals surface area contributed by atoms with Crippen LogP contribution in [-0.4, -0.2) is 27.9 Å². The normalized spacial score (nSPS) is 10.2. The summed E-state index contributed by atoms with van der Waals surface area (Å²) in [5.41, 5.74) is 3.61. The van der Waals surface area contributed by atoms with E-state index < -0.39 is 6.03 Å². The fourth-order valence-electron chi connectivity index (χ4n) is 3.63. The van der Waals surface area contributed by atoms with Gasteiger partial charge in [-0.1, -0.05) is 83.9 Å². The number of rotatable bonds is 6. The van der Waals surface area contributed by atoms with Crippen LogP contribution in [0.25, 0.3) is 16.9 Å². The average Bonchev–Trinajstić information content (AvgIpc) is 3.36. The molecule has 0 spiro atoms. The molecular weight excluding hydrogens is 535 g/mol. The maximum atomic E-state index is 12.0. The first kappa shape index (κ1) is 27.4. The molecule has 39 heavy (non-hydrogen) atoms. The molecule has 0 saturated heterocycles. The van der Waals surface area contributed by atoms with Gasteiger partial charge in [-0.15, -0.1) is 0 Å². The number of urea groups is 1. The van der Waals surface area contributed by atoms with E-state index in [-0.39, 0.29) is 18.0 Å². The Hall–Kier alpha value is -4.59. The first-order valence-corrected chi connectivity index (χ1v) is 12.7. The largest absolute Gasteiger partial charge is 0.330 e. The Balaban J connectivity index is 0.000000181. The van der Waals surface area contributed by atoms with Crippen molar-refractivity contribution in [2.45, 2.75) is 0 Å². The van der Waals surface area contributed by atoms with Crippen molar-refractivity contribution in [3.63, 3.8) is 0 Å². The first-order chi connectivity index (χ1) is 18.9. The van der Waals surface area contributed by atoms with E-state index in [1.54, 1.807) is 71.4 Å². The van der Waals surface area contributed by atoms with Crippen LogP contribution in [0.5, 0.6) is 0 Å². The molecule has 9 heteroatoms. The fraction of sp³-hybridized carbons (Fsp3) is 0.0333. The van der Waals surface area contributed by atoms with Crippen LogP contribution in [0.2, 0.25) is 10.0 Å². The van der Waals surface area contributed by atoms with Gasteiger partial charge in [0.1, 0.15) is 0 Å². The van der Waals surface area contributed by atoms with E-state index in [1.165, 1.54) is 0 Å². The molecule has 0 fully saturated rings. The molecule has 0 unspecified atom stereocenters. The highest BCUT2D eigenvalue weighted by Gasteiger charge is 2.10. The second-order valence-electron chi connectivity index (χ2n) is 8.26. The number of halogens is 2. The lowest BCUT2D eigenvalue weighted by Gasteiger charge is -2.07. The topological polar surface area (TPSA) is 96.0 Å². The number of ketones is 1. The quantitative estimate of drug-likeness (QED) is 0.199. The molecule has 0 radical (unpaired) electrons. The predicted octanol–water partition coefficient (Wildman–Crippen LogP) is 6.83. The van der Waals surface area contributed by atoms with Gasteiger partial charge in [-0.3, -0.25) is 9.36 Å². The zero-order valence-corrected chi connectivity index (χ0v) is 22.1. The SMILES string of the molecule is O=C(NCC(=O)c1ccccc1)Nc1ccc(Cl)cc1.O=c1[nH]cc(-c2ccccc2)n1-c1ccc(Cl)cc1. The van der Waals surface area contributed by atoms with Gasteiger partial charge in [0.15, 0.2) is 5.78 Å². The van der Waals surface area contributed by atoms with E-state index in [2.05, 4.69) is 15.6 Å². The van der Waals surface area contributed by atoms with Crippen LogP contribution < -0.4 is 16.3 Å². The molecule has 2 amide bonds. The smallest absolute Gasteiger partial charge is 0.330 e. The zero-order valence-electron chi connectivity index (χ0n) is 20.6. The Labute approximate surface area is 235 Å². The summed E-state index contributed by atoms with van der Waals surface area (Å²) >= 11 is 11.6. The maximum Gasteiger partial charge on any atom is 0.330 e. The summed E-state index contributed by atoms with van der Waals surface area (Å²) in [7, 11) is 0. The molecule has 196 valence electrons. The van der Waals surface area contributed by atoms with Gasteiger partial charge < -0.3 is 15.6 Å². The van der Waals surface area contributed by atoms with Crippen LogP contribution in [-0.2, 0) is 0 Å². The average molecular weight is 559 g/mol. The van der Waals surface area contributed by atoms with E-state index in [1.807, 2.05) is 48.5 Å². The number of aromatic amines is 1. The van der Waals surface area contributed by atoms with Crippen LogP contribution in [0.3, 0.4) is 0 Å². The molecule has 7 nitrogen and oxygen atoms in total. The van der Waals surface area contributed by atoms with Gasteiger partial charge in [-0.25, -0.2) is 9.59 Å². The number of aromatic nitrogens is 2. The van der Waals surface area contributed by atoms with Gasteiger partial charge in [0.25, 0.3) is 0 Å². The van der Waals surface area contributed by atoms with Gasteiger partial charge in [0.2, 0.25) is 0 Å². The Bertz CT molecular complexity index is 1580. The number of H-pyrrole nitrogens is 1. The molecule has 4 aromatic carbocycles. The van der Waals surface area contributed by atoms with Crippen molar-refractivity contribution in [3.05, 3.63) is 141 Å². The van der Waals surface area contributed by atoms with Crippen molar-refractivity contribution in [2.75, 3.05) is 11.9 Å². The minimum Gasteiger partial charge on any atom is -0.330 e. The summed E-state index contributed by atoms with van der Waals surface area (Å²) in [6, 6.07) is 32.0. The zero-order chi connectivity index (χ0) is 27.6. The molecule has 0 bridgehead atoms. The summed E-state index contributed by atoms with van der Waals surface area (Å²) in [5.74, 6) is -0.142. The molecule has 3 N–H and O–H groups in total. The number of imidazole rings is 1. The number of anilines is 1. The number of carbonyl (C=O) groups excluding carboxylic acids is 2. The summed E-state index contributed by atoms with van der Waals surface area (Å²) in [5, 5.41) is 6.37. The second-order valence-corrected chi connectivity index (χ2v) is 9.13. The van der Waals surface area contributed by atoms with Crippen molar-refractivity contribution < 1.29 is 9.59 Å². The fourth-order valence-corrected chi connectivity index (χ4v) is 3.88. The third kappa shape index (κ3) is 7.70. The maximum absolute atomic E-state index is 12.0. The van der Waals surface area contributed by atoms with Crippen LogP contribution in [0.4, 0.5) is 10.5 Å². The minimum atomic E-state index is -0.434. The Morgan fingerprint density at radius 1 is 0.744 bits per heavy atom. The van der Waals surface area contributed by atoms with E-state index >= 15 is 0 Å². The number of hydrogen-bond donors (Lipinski definition) is 3. The lowest BCUT2D eigenvalue weighted by Crippen LogP contribution is -2.33. The lowest BCUT2D eigenvalue weighted by atomic mass is 10.1. The minimum absolute atomic E-state index is 0.0521. The van der Waals surface area contributed by atoms with Crippen molar-refractivity contribution in [1.29, 1.82) is 0 Å². The summed E-state index contributed by atoms with van der Waals surface area (Å²) in [6.45, 7) is -0.0521. The second kappa shape index (κ2) is 13.3. The van der Waals surface area contributed by atoms with Crippen molar-refractivity contribution in [3.8, 4) is 16.9 Å². The Morgan fingerprint density at radius 2 is 1.31 bits per heavy atom. The number of benzene rings is 4.